The van der Waals surface area contributed by atoms with Gasteiger partial charge in [-0.1, -0.05) is 18.2 Å². The van der Waals surface area contributed by atoms with E-state index in [9.17, 15) is 9.59 Å². The smallest absolute Gasteiger partial charge is 0.265 e. The predicted molar refractivity (Wildman–Crippen MR) is 103 cm³/mol. The minimum absolute atomic E-state index is 0.124. The normalized spacial score (nSPS) is 18.8. The Morgan fingerprint density at radius 1 is 1.07 bits per heavy atom. The monoisotopic (exact) mass is 382 g/mol. The molecule has 2 aromatic rings. The molecule has 2 heterocycles. The molecule has 0 N–H and O–H groups in total. The van der Waals surface area contributed by atoms with Crippen LogP contribution < -0.4 is 14.4 Å². The molecule has 2 aliphatic heterocycles. The van der Waals surface area contributed by atoms with Gasteiger partial charge in [-0.2, -0.15) is 0 Å². The van der Waals surface area contributed by atoms with Crippen LogP contribution in [0.15, 0.2) is 48.5 Å². The Hall–Kier alpha value is -3.06. The number of fused-ring (bicyclic) bond motifs is 1. The van der Waals surface area contributed by atoms with E-state index in [1.165, 1.54) is 0 Å². The summed E-state index contributed by atoms with van der Waals surface area (Å²) in [4.78, 5) is 29.5. The van der Waals surface area contributed by atoms with E-state index in [2.05, 4.69) is 0 Å². The number of rotatable bonds is 3. The van der Waals surface area contributed by atoms with Gasteiger partial charge in [-0.05, 0) is 30.3 Å². The first-order valence-electron chi connectivity index (χ1n) is 9.25. The standard InChI is InChI=1S/C21H22N2O5/c1-26-16-6-4-5-15(13-16)20(24)23-14-19(21(25)22-9-11-27-12-10-22)28-18-8-3-2-7-17(18)23/h2-8,13,19H,9-12,14H2,1H3/t19-/m0/s1. The van der Waals surface area contributed by atoms with E-state index in [-0.39, 0.29) is 18.4 Å². The highest BCUT2D eigenvalue weighted by Gasteiger charge is 2.36. The summed E-state index contributed by atoms with van der Waals surface area (Å²) < 4.78 is 16.5. The predicted octanol–water partition coefficient (Wildman–Crippen LogP) is 1.96. The Kier molecular flexibility index (Phi) is 5.16. The summed E-state index contributed by atoms with van der Waals surface area (Å²) in [5, 5.41) is 0. The zero-order chi connectivity index (χ0) is 19.5. The van der Waals surface area contributed by atoms with E-state index in [1.54, 1.807) is 47.2 Å². The second-order valence-corrected chi connectivity index (χ2v) is 6.66. The topological polar surface area (TPSA) is 68.3 Å². The molecule has 1 saturated heterocycles. The molecule has 4 rings (SSSR count). The summed E-state index contributed by atoms with van der Waals surface area (Å²) in [6.45, 7) is 2.25. The Bertz CT molecular complexity index is 879. The minimum Gasteiger partial charge on any atom is -0.497 e. The summed E-state index contributed by atoms with van der Waals surface area (Å²) in [5.74, 6) is 0.806. The highest BCUT2D eigenvalue weighted by molar-refractivity contribution is 6.08. The summed E-state index contributed by atoms with van der Waals surface area (Å²) in [5.41, 5.74) is 1.15. The third-order valence-electron chi connectivity index (χ3n) is 4.93. The van der Waals surface area contributed by atoms with Gasteiger partial charge in [0.1, 0.15) is 11.5 Å². The highest BCUT2D eigenvalue weighted by Crippen LogP contribution is 2.34. The number of morpholine rings is 1. The Morgan fingerprint density at radius 2 is 1.86 bits per heavy atom. The van der Waals surface area contributed by atoms with E-state index in [0.717, 1.165) is 0 Å². The van der Waals surface area contributed by atoms with Gasteiger partial charge in [0, 0.05) is 18.7 Å². The van der Waals surface area contributed by atoms with Crippen LogP contribution in [-0.2, 0) is 9.53 Å². The first-order valence-corrected chi connectivity index (χ1v) is 9.25. The van der Waals surface area contributed by atoms with Crippen molar-refractivity contribution in [3.8, 4) is 11.5 Å². The molecule has 1 fully saturated rings. The summed E-state index contributed by atoms with van der Waals surface area (Å²) in [6, 6.07) is 14.3. The average molecular weight is 382 g/mol. The highest BCUT2D eigenvalue weighted by atomic mass is 16.5. The van der Waals surface area contributed by atoms with Gasteiger partial charge in [0.05, 0.1) is 32.6 Å². The summed E-state index contributed by atoms with van der Waals surface area (Å²) in [6.07, 6.45) is -0.748. The molecule has 0 unspecified atom stereocenters. The fourth-order valence-electron chi connectivity index (χ4n) is 3.45. The van der Waals surface area contributed by atoms with Crippen LogP contribution in [0.4, 0.5) is 5.69 Å². The molecule has 2 aromatic carbocycles. The number of carbonyl (C=O) groups is 2. The van der Waals surface area contributed by atoms with Crippen molar-refractivity contribution in [2.24, 2.45) is 0 Å². The first kappa shape index (κ1) is 18.3. The maximum Gasteiger partial charge on any atom is 0.265 e. The van der Waals surface area contributed by atoms with Gasteiger partial charge < -0.3 is 24.0 Å². The zero-order valence-corrected chi connectivity index (χ0v) is 15.7. The minimum atomic E-state index is -0.748. The molecule has 146 valence electrons. The fourth-order valence-corrected chi connectivity index (χ4v) is 3.45. The number of hydrogen-bond donors (Lipinski definition) is 0. The van der Waals surface area contributed by atoms with Crippen molar-refractivity contribution in [1.82, 2.24) is 4.90 Å². The van der Waals surface area contributed by atoms with Gasteiger partial charge in [0.15, 0.2) is 6.10 Å². The van der Waals surface area contributed by atoms with Gasteiger partial charge in [0.2, 0.25) is 0 Å². The maximum atomic E-state index is 13.2. The SMILES string of the molecule is COc1cccc(C(=O)N2C[C@@H](C(=O)N3CCOCC3)Oc3ccccc32)c1. The molecule has 28 heavy (non-hydrogen) atoms. The molecule has 7 nitrogen and oxygen atoms in total. The number of nitrogens with zero attached hydrogens (tertiary/aromatic N) is 2. The zero-order valence-electron chi connectivity index (χ0n) is 15.7. The third-order valence-corrected chi connectivity index (χ3v) is 4.93. The van der Waals surface area contributed by atoms with Crippen LogP contribution in [0.1, 0.15) is 10.4 Å². The van der Waals surface area contributed by atoms with Gasteiger partial charge >= 0.3 is 0 Å². The molecule has 2 aliphatic rings. The van der Waals surface area contributed by atoms with Crippen LogP contribution in [-0.4, -0.2) is 62.8 Å². The Balaban J connectivity index is 1.63. The lowest BCUT2D eigenvalue weighted by atomic mass is 10.1. The van der Waals surface area contributed by atoms with Gasteiger partial charge in [0.25, 0.3) is 11.8 Å². The number of amides is 2. The van der Waals surface area contributed by atoms with Gasteiger partial charge in [-0.25, -0.2) is 0 Å². The second kappa shape index (κ2) is 7.90. The molecule has 0 bridgehead atoms. The quantitative estimate of drug-likeness (QED) is 0.812. The van der Waals surface area contributed by atoms with E-state index < -0.39 is 6.10 Å². The van der Waals surface area contributed by atoms with Crippen molar-refractivity contribution in [3.05, 3.63) is 54.1 Å². The number of para-hydroxylation sites is 2. The molecule has 0 radical (unpaired) electrons. The van der Waals surface area contributed by atoms with Crippen LogP contribution in [0.2, 0.25) is 0 Å². The van der Waals surface area contributed by atoms with E-state index in [1.807, 2.05) is 18.2 Å². The molecule has 0 spiro atoms. The average Bonchev–Trinajstić information content (AvgIpc) is 2.78. The van der Waals surface area contributed by atoms with E-state index in [0.29, 0.717) is 49.1 Å². The molecular formula is C21H22N2O5. The molecule has 1 atom stereocenters. The van der Waals surface area contributed by atoms with Crippen LogP contribution in [0, 0.1) is 0 Å². The molecule has 0 saturated carbocycles. The number of methoxy groups -OCH3 is 1. The number of hydrogen-bond acceptors (Lipinski definition) is 5. The van der Waals surface area contributed by atoms with Crippen molar-refractivity contribution in [1.29, 1.82) is 0 Å². The van der Waals surface area contributed by atoms with Crippen molar-refractivity contribution in [2.45, 2.75) is 6.10 Å². The molecule has 2 amide bonds. The number of ether oxygens (including phenoxy) is 3. The maximum absolute atomic E-state index is 13.2. The van der Waals surface area contributed by atoms with Crippen LogP contribution in [0.3, 0.4) is 0 Å². The molecule has 0 aliphatic carbocycles. The third kappa shape index (κ3) is 3.53. The van der Waals surface area contributed by atoms with Crippen molar-refractivity contribution in [2.75, 3.05) is 44.9 Å². The van der Waals surface area contributed by atoms with Crippen molar-refractivity contribution < 1.29 is 23.8 Å². The Labute approximate surface area is 163 Å². The van der Waals surface area contributed by atoms with Crippen molar-refractivity contribution in [3.63, 3.8) is 0 Å². The Morgan fingerprint density at radius 3 is 2.64 bits per heavy atom. The molecular weight excluding hydrogens is 360 g/mol. The molecule has 7 heteroatoms. The molecule has 0 aromatic heterocycles. The number of anilines is 1. The summed E-state index contributed by atoms with van der Waals surface area (Å²) in [7, 11) is 1.56. The lowest BCUT2D eigenvalue weighted by Crippen LogP contribution is -2.54. The first-order chi connectivity index (χ1) is 13.7. The largest absolute Gasteiger partial charge is 0.497 e. The van der Waals surface area contributed by atoms with E-state index >= 15 is 0 Å². The fraction of sp³-hybridized carbons (Fsp3) is 0.333. The van der Waals surface area contributed by atoms with Crippen molar-refractivity contribution >= 4 is 17.5 Å². The van der Waals surface area contributed by atoms with Gasteiger partial charge in [-0.3, -0.25) is 9.59 Å². The number of benzene rings is 2. The number of carbonyl (C=O) groups excluding carboxylic acids is 2. The van der Waals surface area contributed by atoms with E-state index in [4.69, 9.17) is 14.2 Å². The van der Waals surface area contributed by atoms with Crippen LogP contribution >= 0.6 is 0 Å². The van der Waals surface area contributed by atoms with Crippen LogP contribution in [0.5, 0.6) is 11.5 Å². The second-order valence-electron chi connectivity index (χ2n) is 6.66. The summed E-state index contributed by atoms with van der Waals surface area (Å²) >= 11 is 0. The van der Waals surface area contributed by atoms with Gasteiger partial charge in [-0.15, -0.1) is 0 Å². The van der Waals surface area contributed by atoms with Crippen LogP contribution in [0.25, 0.3) is 0 Å². The lowest BCUT2D eigenvalue weighted by Gasteiger charge is -2.37. The lowest BCUT2D eigenvalue weighted by molar-refractivity contribution is -0.142.